The monoisotopic (exact) mass is 331 g/mol. The van der Waals surface area contributed by atoms with Crippen molar-refractivity contribution in [3.63, 3.8) is 0 Å². The summed E-state index contributed by atoms with van der Waals surface area (Å²) in [6.45, 7) is 5.04. The van der Waals surface area contributed by atoms with E-state index in [0.717, 1.165) is 43.7 Å². The molecular formula is C14H25N3O2S2. The smallest absolute Gasteiger partial charge is 0.254 e. The second-order valence-electron chi connectivity index (χ2n) is 5.68. The highest BCUT2D eigenvalue weighted by atomic mass is 32.2. The van der Waals surface area contributed by atoms with Crippen LogP contribution in [-0.2, 0) is 10.0 Å². The Kier molecular flexibility index (Phi) is 5.76. The van der Waals surface area contributed by atoms with E-state index < -0.39 is 10.0 Å². The van der Waals surface area contributed by atoms with E-state index in [1.807, 2.05) is 6.92 Å². The van der Waals surface area contributed by atoms with Crippen LogP contribution in [0.5, 0.6) is 0 Å². The highest BCUT2D eigenvalue weighted by Gasteiger charge is 2.32. The average molecular weight is 332 g/mol. The van der Waals surface area contributed by atoms with Crippen molar-refractivity contribution in [1.29, 1.82) is 0 Å². The number of thiazole rings is 1. The first-order valence-electron chi connectivity index (χ1n) is 7.59. The third-order valence-corrected chi connectivity index (χ3v) is 7.39. The van der Waals surface area contributed by atoms with Gasteiger partial charge in [0.1, 0.15) is 0 Å². The van der Waals surface area contributed by atoms with Gasteiger partial charge in [-0.15, -0.1) is 11.3 Å². The van der Waals surface area contributed by atoms with Crippen LogP contribution in [0.25, 0.3) is 0 Å². The predicted molar refractivity (Wildman–Crippen MR) is 86.1 cm³/mol. The zero-order chi connectivity index (χ0) is 15.5. The highest BCUT2D eigenvalue weighted by molar-refractivity contribution is 7.91. The lowest BCUT2D eigenvalue weighted by Gasteiger charge is -2.34. The topological polar surface area (TPSA) is 62.3 Å². The molecule has 0 radical (unpaired) electrons. The first kappa shape index (κ1) is 16.9. The standard InChI is InChI=1S/C14H25N3O2S2/c1-4-9-15-12-5-7-13(8-6-12)17(3)21(18,19)14-10-16-11(2)20-14/h10,12-13,15H,4-9H2,1-3H3. The van der Waals surface area contributed by atoms with Gasteiger partial charge in [0.05, 0.1) is 11.2 Å². The van der Waals surface area contributed by atoms with Crippen molar-refractivity contribution in [2.75, 3.05) is 13.6 Å². The minimum absolute atomic E-state index is 0.108. The molecule has 2 rings (SSSR count). The molecule has 1 aromatic heterocycles. The molecule has 1 aliphatic rings. The van der Waals surface area contributed by atoms with E-state index in [4.69, 9.17) is 0 Å². The van der Waals surface area contributed by atoms with Crippen molar-refractivity contribution >= 4 is 21.4 Å². The quantitative estimate of drug-likeness (QED) is 0.869. The fourth-order valence-corrected chi connectivity index (χ4v) is 5.50. The molecule has 0 unspecified atom stereocenters. The van der Waals surface area contributed by atoms with Crippen molar-refractivity contribution in [3.8, 4) is 0 Å². The Morgan fingerprint density at radius 1 is 1.38 bits per heavy atom. The highest BCUT2D eigenvalue weighted by Crippen LogP contribution is 2.28. The summed E-state index contributed by atoms with van der Waals surface area (Å²) in [6, 6.07) is 0.653. The molecule has 7 heteroatoms. The molecule has 1 saturated carbocycles. The molecule has 0 saturated heterocycles. The van der Waals surface area contributed by atoms with Crippen molar-refractivity contribution in [3.05, 3.63) is 11.2 Å². The van der Waals surface area contributed by atoms with Gasteiger partial charge in [0, 0.05) is 19.1 Å². The van der Waals surface area contributed by atoms with Gasteiger partial charge in [-0.25, -0.2) is 13.4 Å². The van der Waals surface area contributed by atoms with Gasteiger partial charge in [-0.2, -0.15) is 4.31 Å². The number of hydrogen-bond donors (Lipinski definition) is 1. The van der Waals surface area contributed by atoms with Crippen LogP contribution < -0.4 is 5.32 Å². The SMILES string of the molecule is CCCNC1CCC(N(C)S(=O)(=O)c2cnc(C)s2)CC1. The van der Waals surface area contributed by atoms with Crippen molar-refractivity contribution < 1.29 is 8.42 Å². The van der Waals surface area contributed by atoms with Crippen LogP contribution in [-0.4, -0.2) is 43.4 Å². The molecule has 1 heterocycles. The fourth-order valence-electron chi connectivity index (χ4n) is 2.79. The van der Waals surface area contributed by atoms with Gasteiger partial charge in [-0.3, -0.25) is 0 Å². The molecule has 0 aromatic carbocycles. The molecule has 1 aromatic rings. The Hall–Kier alpha value is -0.500. The maximum absolute atomic E-state index is 12.6. The summed E-state index contributed by atoms with van der Waals surface area (Å²) in [5.41, 5.74) is 0. The number of aromatic nitrogens is 1. The molecular weight excluding hydrogens is 306 g/mol. The third-order valence-electron chi connectivity index (χ3n) is 4.13. The lowest BCUT2D eigenvalue weighted by Crippen LogP contribution is -2.43. The second-order valence-corrected chi connectivity index (χ2v) is 9.14. The molecule has 5 nitrogen and oxygen atoms in total. The normalized spacial score (nSPS) is 23.6. The molecule has 0 bridgehead atoms. The first-order chi connectivity index (χ1) is 9.95. The Balaban J connectivity index is 1.97. The molecule has 1 aliphatic carbocycles. The maximum atomic E-state index is 12.6. The Morgan fingerprint density at radius 2 is 2.05 bits per heavy atom. The van der Waals surface area contributed by atoms with Gasteiger partial charge in [0.25, 0.3) is 10.0 Å². The van der Waals surface area contributed by atoms with Gasteiger partial charge in [0.15, 0.2) is 4.21 Å². The fraction of sp³-hybridized carbons (Fsp3) is 0.786. The minimum atomic E-state index is -3.38. The summed E-state index contributed by atoms with van der Waals surface area (Å²) in [5, 5.41) is 4.32. The number of nitrogens with one attached hydrogen (secondary N) is 1. The van der Waals surface area contributed by atoms with Crippen LogP contribution in [0.3, 0.4) is 0 Å². The largest absolute Gasteiger partial charge is 0.314 e. The number of hydrogen-bond acceptors (Lipinski definition) is 5. The summed E-state index contributed by atoms with van der Waals surface area (Å²) < 4.78 is 27.1. The van der Waals surface area contributed by atoms with Crippen LogP contribution in [0.4, 0.5) is 0 Å². The van der Waals surface area contributed by atoms with Gasteiger partial charge in [-0.1, -0.05) is 6.92 Å². The average Bonchev–Trinajstić information content (AvgIpc) is 2.92. The predicted octanol–water partition coefficient (Wildman–Crippen LogP) is 2.38. The Bertz CT molecular complexity index is 548. The number of nitrogens with zero attached hydrogens (tertiary/aromatic N) is 2. The molecule has 0 spiro atoms. The Labute approximate surface area is 131 Å². The van der Waals surface area contributed by atoms with Gasteiger partial charge in [-0.05, 0) is 45.6 Å². The zero-order valence-corrected chi connectivity index (χ0v) is 14.6. The van der Waals surface area contributed by atoms with Crippen LogP contribution in [0.15, 0.2) is 10.4 Å². The lowest BCUT2D eigenvalue weighted by molar-refractivity contribution is 0.250. The first-order valence-corrected chi connectivity index (χ1v) is 9.84. The molecule has 120 valence electrons. The molecule has 1 N–H and O–H groups in total. The summed E-state index contributed by atoms with van der Waals surface area (Å²) in [5.74, 6) is 0. The van der Waals surface area contributed by atoms with Crippen molar-refractivity contribution in [2.45, 2.75) is 62.2 Å². The zero-order valence-electron chi connectivity index (χ0n) is 13.0. The number of aryl methyl sites for hydroxylation is 1. The molecule has 0 aliphatic heterocycles. The van der Waals surface area contributed by atoms with E-state index in [-0.39, 0.29) is 6.04 Å². The molecule has 1 fully saturated rings. The maximum Gasteiger partial charge on any atom is 0.254 e. The van der Waals surface area contributed by atoms with Crippen LogP contribution >= 0.6 is 11.3 Å². The van der Waals surface area contributed by atoms with E-state index in [2.05, 4.69) is 17.2 Å². The van der Waals surface area contributed by atoms with Crippen LogP contribution in [0.2, 0.25) is 0 Å². The van der Waals surface area contributed by atoms with E-state index in [0.29, 0.717) is 10.3 Å². The number of rotatable bonds is 6. The van der Waals surface area contributed by atoms with E-state index in [1.165, 1.54) is 17.5 Å². The summed E-state index contributed by atoms with van der Waals surface area (Å²) in [4.78, 5) is 4.06. The van der Waals surface area contributed by atoms with Gasteiger partial charge >= 0.3 is 0 Å². The Morgan fingerprint density at radius 3 is 2.57 bits per heavy atom. The summed E-state index contributed by atoms with van der Waals surface area (Å²) >= 11 is 1.25. The van der Waals surface area contributed by atoms with Crippen molar-refractivity contribution in [2.24, 2.45) is 0 Å². The van der Waals surface area contributed by atoms with Gasteiger partial charge in [0.2, 0.25) is 0 Å². The third kappa shape index (κ3) is 4.03. The van der Waals surface area contributed by atoms with Crippen LogP contribution in [0, 0.1) is 6.92 Å². The van der Waals surface area contributed by atoms with E-state index >= 15 is 0 Å². The number of sulfonamides is 1. The molecule has 0 atom stereocenters. The molecule has 0 amide bonds. The minimum Gasteiger partial charge on any atom is -0.314 e. The van der Waals surface area contributed by atoms with E-state index in [1.54, 1.807) is 11.4 Å². The van der Waals surface area contributed by atoms with Gasteiger partial charge < -0.3 is 5.32 Å². The second kappa shape index (κ2) is 7.17. The van der Waals surface area contributed by atoms with Crippen LogP contribution in [0.1, 0.15) is 44.0 Å². The summed E-state index contributed by atoms with van der Waals surface area (Å²) in [6.07, 6.45) is 6.56. The van der Waals surface area contributed by atoms with Crippen molar-refractivity contribution in [1.82, 2.24) is 14.6 Å². The molecule has 21 heavy (non-hydrogen) atoms. The van der Waals surface area contributed by atoms with E-state index in [9.17, 15) is 8.42 Å². The lowest BCUT2D eigenvalue weighted by atomic mass is 9.91. The summed E-state index contributed by atoms with van der Waals surface area (Å²) in [7, 11) is -1.68.